The monoisotopic (exact) mass is 207 g/mol. The fourth-order valence-corrected chi connectivity index (χ4v) is 2.27. The highest BCUT2D eigenvalue weighted by Crippen LogP contribution is 2.54. The second kappa shape index (κ2) is 3.09. The van der Waals surface area contributed by atoms with Crippen LogP contribution >= 0.6 is 11.6 Å². The highest BCUT2D eigenvalue weighted by Gasteiger charge is 2.52. The molecule has 1 aliphatic carbocycles. The Hall–Kier alpha value is -0.820. The van der Waals surface area contributed by atoms with Crippen molar-refractivity contribution < 1.29 is 0 Å². The molecule has 2 rings (SSSR count). The first-order valence-corrected chi connectivity index (χ1v) is 5.23. The Morgan fingerprint density at radius 2 is 2.00 bits per heavy atom. The Labute approximate surface area is 89.6 Å². The van der Waals surface area contributed by atoms with Crippen molar-refractivity contribution in [2.75, 3.05) is 0 Å². The molecule has 14 heavy (non-hydrogen) atoms. The van der Waals surface area contributed by atoms with E-state index in [1.165, 1.54) is 5.56 Å². The van der Waals surface area contributed by atoms with Crippen LogP contribution in [0.2, 0.25) is 5.02 Å². The van der Waals surface area contributed by atoms with Crippen molar-refractivity contribution in [3.63, 3.8) is 0 Å². The first-order chi connectivity index (χ1) is 6.54. The molecule has 0 aliphatic heterocycles. The Morgan fingerprint density at radius 1 is 1.43 bits per heavy atom. The third-order valence-corrected chi connectivity index (χ3v) is 3.52. The molecular weight excluding hydrogens is 194 g/mol. The zero-order valence-corrected chi connectivity index (χ0v) is 9.23. The van der Waals surface area contributed by atoms with E-state index in [0.717, 1.165) is 17.2 Å². The number of benzene rings is 1. The fraction of sp³-hybridized carbons (Fsp3) is 0.417. The lowest BCUT2D eigenvalue weighted by Crippen LogP contribution is -2.08. The quantitative estimate of drug-likeness (QED) is 0.716. The summed E-state index contributed by atoms with van der Waals surface area (Å²) in [4.78, 5) is 0. The maximum absolute atomic E-state index is 7.63. The van der Waals surface area contributed by atoms with Crippen LogP contribution in [-0.4, -0.2) is 5.71 Å². The molecule has 1 aromatic rings. The van der Waals surface area contributed by atoms with Crippen LogP contribution in [0.25, 0.3) is 0 Å². The SMILES string of the molecule is CC(=N)C1CC1(C)c1ccc(Cl)cc1. The van der Waals surface area contributed by atoms with Gasteiger partial charge in [-0.15, -0.1) is 0 Å². The maximum atomic E-state index is 7.63. The van der Waals surface area contributed by atoms with Crippen LogP contribution in [0.15, 0.2) is 24.3 Å². The lowest BCUT2D eigenvalue weighted by Gasteiger charge is -2.11. The topological polar surface area (TPSA) is 23.9 Å². The lowest BCUT2D eigenvalue weighted by molar-refractivity contribution is 0.748. The Balaban J connectivity index is 2.25. The van der Waals surface area contributed by atoms with Gasteiger partial charge in [-0.3, -0.25) is 0 Å². The highest BCUT2D eigenvalue weighted by molar-refractivity contribution is 6.30. The normalized spacial score (nSPS) is 30.1. The molecule has 0 bridgehead atoms. The van der Waals surface area contributed by atoms with Gasteiger partial charge < -0.3 is 5.41 Å². The minimum absolute atomic E-state index is 0.191. The van der Waals surface area contributed by atoms with E-state index in [1.54, 1.807) is 0 Å². The Bertz CT molecular complexity index is 368. The molecule has 1 nitrogen and oxygen atoms in total. The summed E-state index contributed by atoms with van der Waals surface area (Å²) < 4.78 is 0. The van der Waals surface area contributed by atoms with Gasteiger partial charge in [0.1, 0.15) is 0 Å². The van der Waals surface area contributed by atoms with Crippen LogP contribution in [0.5, 0.6) is 0 Å². The molecule has 1 aliphatic rings. The minimum Gasteiger partial charge on any atom is -0.310 e. The van der Waals surface area contributed by atoms with E-state index in [4.69, 9.17) is 17.0 Å². The number of nitrogens with one attached hydrogen (secondary N) is 1. The van der Waals surface area contributed by atoms with E-state index in [0.29, 0.717) is 5.92 Å². The average Bonchev–Trinajstić information content (AvgIpc) is 2.80. The van der Waals surface area contributed by atoms with Crippen LogP contribution in [0.3, 0.4) is 0 Å². The van der Waals surface area contributed by atoms with Crippen LogP contribution in [0, 0.1) is 11.3 Å². The molecule has 2 heteroatoms. The number of halogens is 1. The summed E-state index contributed by atoms with van der Waals surface area (Å²) in [6, 6.07) is 8.00. The molecule has 74 valence electrons. The molecule has 0 heterocycles. The molecule has 0 saturated heterocycles. The van der Waals surface area contributed by atoms with Gasteiger partial charge in [0.15, 0.2) is 0 Å². The zero-order valence-electron chi connectivity index (χ0n) is 8.47. The Kier molecular flexibility index (Phi) is 2.15. The van der Waals surface area contributed by atoms with Crippen molar-refractivity contribution in [3.05, 3.63) is 34.9 Å². The highest BCUT2D eigenvalue weighted by atomic mass is 35.5. The van der Waals surface area contributed by atoms with Gasteiger partial charge in [0.2, 0.25) is 0 Å². The molecule has 0 aromatic heterocycles. The van der Waals surface area contributed by atoms with E-state index in [-0.39, 0.29) is 5.41 Å². The van der Waals surface area contributed by atoms with E-state index >= 15 is 0 Å². The first kappa shape index (κ1) is 9.72. The summed E-state index contributed by atoms with van der Waals surface area (Å²) in [5.74, 6) is 0.434. The van der Waals surface area contributed by atoms with Crippen molar-refractivity contribution in [1.29, 1.82) is 5.41 Å². The third kappa shape index (κ3) is 1.46. The lowest BCUT2D eigenvalue weighted by atomic mass is 9.94. The standard InChI is InChI=1S/C12H14ClN/c1-8(14)11-7-12(11,2)9-3-5-10(13)6-4-9/h3-6,11,14H,7H2,1-2H3. The van der Waals surface area contributed by atoms with Crippen molar-refractivity contribution in [2.24, 2.45) is 5.92 Å². The molecule has 1 N–H and O–H groups in total. The first-order valence-electron chi connectivity index (χ1n) is 4.85. The number of rotatable bonds is 2. The van der Waals surface area contributed by atoms with Crippen molar-refractivity contribution in [1.82, 2.24) is 0 Å². The Morgan fingerprint density at radius 3 is 2.43 bits per heavy atom. The van der Waals surface area contributed by atoms with Gasteiger partial charge >= 0.3 is 0 Å². The zero-order chi connectivity index (χ0) is 10.3. The summed E-state index contributed by atoms with van der Waals surface area (Å²) in [7, 11) is 0. The smallest absolute Gasteiger partial charge is 0.0406 e. The third-order valence-electron chi connectivity index (χ3n) is 3.26. The maximum Gasteiger partial charge on any atom is 0.0406 e. The van der Waals surface area contributed by atoms with Gasteiger partial charge in [-0.1, -0.05) is 30.7 Å². The predicted molar refractivity (Wildman–Crippen MR) is 60.3 cm³/mol. The average molecular weight is 208 g/mol. The van der Waals surface area contributed by atoms with E-state index in [2.05, 4.69) is 19.1 Å². The largest absolute Gasteiger partial charge is 0.310 e. The predicted octanol–water partition coefficient (Wildman–Crippen LogP) is 3.66. The molecule has 0 amide bonds. The van der Waals surface area contributed by atoms with Crippen LogP contribution in [0.4, 0.5) is 0 Å². The van der Waals surface area contributed by atoms with Crippen molar-refractivity contribution in [3.8, 4) is 0 Å². The summed E-state index contributed by atoms with van der Waals surface area (Å²) >= 11 is 5.84. The van der Waals surface area contributed by atoms with E-state index < -0.39 is 0 Å². The van der Waals surface area contributed by atoms with Gasteiger partial charge in [-0.25, -0.2) is 0 Å². The van der Waals surface area contributed by atoms with Crippen LogP contribution < -0.4 is 0 Å². The summed E-state index contributed by atoms with van der Waals surface area (Å²) in [5, 5.41) is 8.41. The number of hydrogen-bond donors (Lipinski definition) is 1. The van der Waals surface area contributed by atoms with Crippen LogP contribution in [-0.2, 0) is 5.41 Å². The molecule has 0 spiro atoms. The molecule has 2 atom stereocenters. The molecule has 1 fully saturated rings. The molecule has 2 unspecified atom stereocenters. The van der Waals surface area contributed by atoms with Crippen molar-refractivity contribution in [2.45, 2.75) is 25.7 Å². The molecule has 1 aromatic carbocycles. The second-order valence-corrected chi connectivity index (χ2v) is 4.80. The van der Waals surface area contributed by atoms with E-state index in [9.17, 15) is 0 Å². The minimum atomic E-state index is 0.191. The summed E-state index contributed by atoms with van der Waals surface area (Å²) in [6.07, 6.45) is 1.10. The molecular formula is C12H14ClN. The van der Waals surface area contributed by atoms with Gasteiger partial charge in [-0.05, 0) is 31.0 Å². The number of hydrogen-bond acceptors (Lipinski definition) is 1. The summed E-state index contributed by atoms with van der Waals surface area (Å²) in [6.45, 7) is 4.12. The van der Waals surface area contributed by atoms with E-state index in [1.807, 2.05) is 19.1 Å². The fourth-order valence-electron chi connectivity index (χ4n) is 2.15. The molecule has 0 radical (unpaired) electrons. The van der Waals surface area contributed by atoms with Gasteiger partial charge in [0.05, 0.1) is 0 Å². The van der Waals surface area contributed by atoms with Crippen molar-refractivity contribution >= 4 is 17.3 Å². The van der Waals surface area contributed by atoms with Crippen LogP contribution in [0.1, 0.15) is 25.8 Å². The molecule has 1 saturated carbocycles. The van der Waals surface area contributed by atoms with Gasteiger partial charge in [-0.2, -0.15) is 0 Å². The van der Waals surface area contributed by atoms with Gasteiger partial charge in [0.25, 0.3) is 0 Å². The summed E-state index contributed by atoms with van der Waals surface area (Å²) in [5.41, 5.74) is 2.29. The van der Waals surface area contributed by atoms with Gasteiger partial charge in [0, 0.05) is 22.1 Å². The second-order valence-electron chi connectivity index (χ2n) is 4.36.